The third-order valence-corrected chi connectivity index (χ3v) is 5.24. The number of hydrogen-bond acceptors (Lipinski definition) is 3. The third kappa shape index (κ3) is 3.17. The summed E-state index contributed by atoms with van der Waals surface area (Å²) in [6, 6.07) is 1.27. The summed E-state index contributed by atoms with van der Waals surface area (Å²) < 4.78 is 0. The van der Waals surface area contributed by atoms with Gasteiger partial charge in [-0.05, 0) is 51.6 Å². The average molecular weight is 281 g/mol. The van der Waals surface area contributed by atoms with Crippen LogP contribution in [0.2, 0.25) is 0 Å². The van der Waals surface area contributed by atoms with Gasteiger partial charge in [-0.2, -0.15) is 0 Å². The zero-order valence-electron chi connectivity index (χ0n) is 13.2. The van der Waals surface area contributed by atoms with Crippen LogP contribution in [-0.4, -0.2) is 41.5 Å². The summed E-state index contributed by atoms with van der Waals surface area (Å²) in [7, 11) is 0. The van der Waals surface area contributed by atoms with Crippen molar-refractivity contribution in [3.05, 3.63) is 0 Å². The van der Waals surface area contributed by atoms with E-state index in [9.17, 15) is 4.79 Å². The first kappa shape index (κ1) is 15.8. The number of hydrogen-bond donors (Lipinski definition) is 2. The topological polar surface area (TPSA) is 58.4 Å². The van der Waals surface area contributed by atoms with Crippen molar-refractivity contribution in [1.82, 2.24) is 10.2 Å². The molecule has 0 aromatic carbocycles. The maximum atomic E-state index is 11.9. The van der Waals surface area contributed by atoms with Crippen molar-refractivity contribution < 1.29 is 4.79 Å². The van der Waals surface area contributed by atoms with E-state index in [0.717, 1.165) is 31.8 Å². The molecule has 0 aromatic heterocycles. The predicted molar refractivity (Wildman–Crippen MR) is 82.5 cm³/mol. The summed E-state index contributed by atoms with van der Waals surface area (Å²) in [4.78, 5) is 14.6. The molecule has 1 amide bonds. The summed E-state index contributed by atoms with van der Waals surface area (Å²) in [5.41, 5.74) is 5.23. The molecule has 3 unspecified atom stereocenters. The van der Waals surface area contributed by atoms with Crippen LogP contribution >= 0.6 is 0 Å². The molecule has 1 saturated heterocycles. The van der Waals surface area contributed by atoms with Gasteiger partial charge in [-0.25, -0.2) is 0 Å². The molecule has 0 bridgehead atoms. The molecule has 0 radical (unpaired) electrons. The lowest BCUT2D eigenvalue weighted by molar-refractivity contribution is -0.124. The number of carbonyl (C=O) groups is 1. The van der Waals surface area contributed by atoms with E-state index >= 15 is 0 Å². The maximum Gasteiger partial charge on any atom is 0.237 e. The molecule has 0 spiro atoms. The van der Waals surface area contributed by atoms with Gasteiger partial charge in [0.15, 0.2) is 0 Å². The van der Waals surface area contributed by atoms with Crippen LogP contribution in [0.25, 0.3) is 0 Å². The van der Waals surface area contributed by atoms with Crippen molar-refractivity contribution in [2.45, 2.75) is 82.8 Å². The van der Waals surface area contributed by atoms with E-state index in [2.05, 4.69) is 24.1 Å². The lowest BCUT2D eigenvalue weighted by Crippen LogP contribution is -2.55. The third-order valence-electron chi connectivity index (χ3n) is 5.24. The number of nitrogens with one attached hydrogen (secondary N) is 1. The summed E-state index contributed by atoms with van der Waals surface area (Å²) >= 11 is 0. The fourth-order valence-corrected chi connectivity index (χ4v) is 4.26. The normalized spacial score (nSPS) is 35.3. The number of carbonyl (C=O) groups excluding carboxylic acids is 1. The first-order valence-electron chi connectivity index (χ1n) is 8.43. The summed E-state index contributed by atoms with van der Waals surface area (Å²) in [5, 5.41) is 3.37. The van der Waals surface area contributed by atoms with Crippen LogP contribution < -0.4 is 11.1 Å². The van der Waals surface area contributed by atoms with Crippen molar-refractivity contribution in [2.24, 2.45) is 5.73 Å². The largest absolute Gasteiger partial charge is 0.368 e. The second-order valence-corrected chi connectivity index (χ2v) is 6.55. The van der Waals surface area contributed by atoms with Gasteiger partial charge in [-0.3, -0.25) is 9.69 Å². The Kier molecular flexibility index (Phi) is 5.44. The van der Waals surface area contributed by atoms with Crippen LogP contribution in [0.3, 0.4) is 0 Å². The number of amides is 1. The van der Waals surface area contributed by atoms with Gasteiger partial charge in [0.25, 0.3) is 0 Å². The predicted octanol–water partition coefficient (Wildman–Crippen LogP) is 2.03. The molecular weight excluding hydrogens is 250 g/mol. The molecule has 3 N–H and O–H groups in total. The van der Waals surface area contributed by atoms with Gasteiger partial charge in [-0.15, -0.1) is 0 Å². The monoisotopic (exact) mass is 281 g/mol. The van der Waals surface area contributed by atoms with Crippen molar-refractivity contribution in [3.63, 3.8) is 0 Å². The van der Waals surface area contributed by atoms with Crippen LogP contribution in [-0.2, 0) is 4.79 Å². The van der Waals surface area contributed by atoms with E-state index in [-0.39, 0.29) is 5.91 Å². The second-order valence-electron chi connectivity index (χ2n) is 6.55. The van der Waals surface area contributed by atoms with E-state index in [0.29, 0.717) is 6.04 Å². The maximum absolute atomic E-state index is 11.9. The van der Waals surface area contributed by atoms with E-state index < -0.39 is 5.54 Å². The number of nitrogens with zero attached hydrogens (tertiary/aromatic N) is 1. The number of piperidine rings is 1. The molecular formula is C16H31N3O. The van der Waals surface area contributed by atoms with E-state index in [1.165, 1.54) is 38.6 Å². The summed E-state index contributed by atoms with van der Waals surface area (Å²) in [6.07, 6.45) is 9.45. The number of likely N-dealkylation sites (tertiary alicyclic amines) is 1. The van der Waals surface area contributed by atoms with Gasteiger partial charge in [-0.1, -0.05) is 26.7 Å². The molecule has 2 fully saturated rings. The number of nitrogens with two attached hydrogens (primary N) is 1. The molecule has 2 rings (SSSR count). The number of rotatable bonds is 6. The van der Waals surface area contributed by atoms with Crippen molar-refractivity contribution in [1.29, 1.82) is 0 Å². The molecule has 1 heterocycles. The summed E-state index contributed by atoms with van der Waals surface area (Å²) in [5.74, 6) is -0.161. The Morgan fingerprint density at radius 1 is 1.35 bits per heavy atom. The number of likely N-dealkylation sites (N-methyl/N-ethyl adjacent to an activating group) is 1. The lowest BCUT2D eigenvalue weighted by Gasteiger charge is -2.40. The van der Waals surface area contributed by atoms with Gasteiger partial charge >= 0.3 is 0 Å². The Morgan fingerprint density at radius 2 is 2.15 bits per heavy atom. The molecule has 20 heavy (non-hydrogen) atoms. The molecule has 2 aliphatic rings. The van der Waals surface area contributed by atoms with Crippen LogP contribution in [0, 0.1) is 0 Å². The Hall–Kier alpha value is -0.610. The molecule has 1 aliphatic heterocycles. The Bertz CT molecular complexity index is 332. The van der Waals surface area contributed by atoms with E-state index in [1.54, 1.807) is 0 Å². The standard InChI is InChI=1S/C16H31N3O/c1-3-7-13-8-5-6-11-19(13)14-9-10-16(12-14,15(17)20)18-4-2/h13-14,18H,3-12H2,1-2H3,(H2,17,20). The van der Waals surface area contributed by atoms with Gasteiger partial charge in [0, 0.05) is 12.1 Å². The van der Waals surface area contributed by atoms with Gasteiger partial charge < -0.3 is 11.1 Å². The van der Waals surface area contributed by atoms with Crippen LogP contribution in [0.1, 0.15) is 65.2 Å². The smallest absolute Gasteiger partial charge is 0.237 e. The van der Waals surface area contributed by atoms with Crippen LogP contribution in [0.15, 0.2) is 0 Å². The minimum atomic E-state index is -0.451. The van der Waals surface area contributed by atoms with Gasteiger partial charge in [0.2, 0.25) is 5.91 Å². The quantitative estimate of drug-likeness (QED) is 0.783. The number of primary amides is 1. The highest BCUT2D eigenvalue weighted by atomic mass is 16.1. The van der Waals surface area contributed by atoms with E-state index in [4.69, 9.17) is 5.73 Å². The molecule has 3 atom stereocenters. The van der Waals surface area contributed by atoms with Crippen LogP contribution in [0.5, 0.6) is 0 Å². The zero-order valence-corrected chi connectivity index (χ0v) is 13.2. The minimum absolute atomic E-state index is 0.161. The average Bonchev–Trinajstić information content (AvgIpc) is 2.86. The SMILES string of the molecule is CCCC1CCCCN1C1CCC(NCC)(C(N)=O)C1. The molecule has 0 aromatic rings. The minimum Gasteiger partial charge on any atom is -0.368 e. The molecule has 1 saturated carbocycles. The van der Waals surface area contributed by atoms with Crippen molar-refractivity contribution >= 4 is 5.91 Å². The van der Waals surface area contributed by atoms with Crippen molar-refractivity contribution in [2.75, 3.05) is 13.1 Å². The Balaban J connectivity index is 2.04. The van der Waals surface area contributed by atoms with Gasteiger partial charge in [0.1, 0.15) is 0 Å². The Labute approximate surface area is 123 Å². The zero-order chi connectivity index (χ0) is 14.6. The first-order valence-corrected chi connectivity index (χ1v) is 8.43. The Morgan fingerprint density at radius 3 is 2.80 bits per heavy atom. The summed E-state index contributed by atoms with van der Waals surface area (Å²) in [6.45, 7) is 6.34. The highest BCUT2D eigenvalue weighted by molar-refractivity contribution is 5.85. The fourth-order valence-electron chi connectivity index (χ4n) is 4.26. The highest BCUT2D eigenvalue weighted by Crippen LogP contribution is 2.36. The molecule has 1 aliphatic carbocycles. The lowest BCUT2D eigenvalue weighted by atomic mass is 9.93. The fraction of sp³-hybridized carbons (Fsp3) is 0.938. The molecule has 116 valence electrons. The second kappa shape index (κ2) is 6.90. The van der Waals surface area contributed by atoms with Crippen molar-refractivity contribution in [3.8, 4) is 0 Å². The van der Waals surface area contributed by atoms with Crippen LogP contribution in [0.4, 0.5) is 0 Å². The van der Waals surface area contributed by atoms with Gasteiger partial charge in [0.05, 0.1) is 5.54 Å². The molecule has 4 nitrogen and oxygen atoms in total. The van der Waals surface area contributed by atoms with E-state index in [1.807, 2.05) is 0 Å². The first-order chi connectivity index (χ1) is 9.63. The highest BCUT2D eigenvalue weighted by Gasteiger charge is 2.46. The molecule has 4 heteroatoms.